The Balaban J connectivity index is 1.57. The number of carbonyl (C=O) groups excluding carboxylic acids is 3. The lowest BCUT2D eigenvalue weighted by atomic mass is 10.2. The molecule has 166 valence electrons. The first-order valence-corrected chi connectivity index (χ1v) is 11.4. The summed E-state index contributed by atoms with van der Waals surface area (Å²) in [4.78, 5) is 43.2. The zero-order valence-electron chi connectivity index (χ0n) is 16.9. The van der Waals surface area contributed by atoms with Gasteiger partial charge in [0.1, 0.15) is 21.6 Å². The number of amides is 2. The minimum atomic E-state index is -0.536. The van der Waals surface area contributed by atoms with Crippen LogP contribution in [-0.2, 0) is 14.3 Å². The van der Waals surface area contributed by atoms with Crippen LogP contribution in [0.5, 0.6) is 0 Å². The number of hydrogen-bond donors (Lipinski definition) is 1. The van der Waals surface area contributed by atoms with Gasteiger partial charge in [0, 0.05) is 13.0 Å². The number of thiazole rings is 1. The predicted octanol–water partition coefficient (Wildman–Crippen LogP) is 4.16. The maximum absolute atomic E-state index is 13.1. The Morgan fingerprint density at radius 3 is 2.75 bits per heavy atom. The molecule has 32 heavy (non-hydrogen) atoms. The Kier molecular flexibility index (Phi) is 7.89. The quantitative estimate of drug-likeness (QED) is 0.257. The van der Waals surface area contributed by atoms with Crippen molar-refractivity contribution in [3.63, 3.8) is 0 Å². The van der Waals surface area contributed by atoms with Crippen LogP contribution in [0.25, 0.3) is 6.08 Å². The Labute approximate surface area is 197 Å². The number of aromatic nitrogens is 1. The SMILES string of the molecule is C=CCOC(=O)c1sc(NC(=O)CCN2C(=O)/C(=C\c3ccc(F)cc3)SC2=S)nc1C. The van der Waals surface area contributed by atoms with Gasteiger partial charge in [-0.3, -0.25) is 14.5 Å². The molecule has 0 spiro atoms. The zero-order valence-corrected chi connectivity index (χ0v) is 19.4. The molecule has 0 atom stereocenters. The van der Waals surface area contributed by atoms with Crippen molar-refractivity contribution < 1.29 is 23.5 Å². The van der Waals surface area contributed by atoms with Crippen molar-refractivity contribution in [2.45, 2.75) is 13.3 Å². The van der Waals surface area contributed by atoms with E-state index in [9.17, 15) is 18.8 Å². The first-order chi connectivity index (χ1) is 15.3. The molecular formula is C21H18FN3O4S3. The molecule has 1 aromatic heterocycles. The summed E-state index contributed by atoms with van der Waals surface area (Å²) >= 11 is 7.40. The topological polar surface area (TPSA) is 88.6 Å². The summed E-state index contributed by atoms with van der Waals surface area (Å²) < 4.78 is 18.4. The minimum absolute atomic E-state index is 0.00879. The van der Waals surface area contributed by atoms with Crippen LogP contribution in [-0.4, -0.2) is 45.1 Å². The third-order valence-electron chi connectivity index (χ3n) is 4.16. The van der Waals surface area contributed by atoms with Crippen LogP contribution in [0.15, 0.2) is 41.8 Å². The number of nitrogens with zero attached hydrogens (tertiary/aromatic N) is 2. The van der Waals surface area contributed by atoms with E-state index in [-0.39, 0.29) is 42.3 Å². The van der Waals surface area contributed by atoms with E-state index in [0.717, 1.165) is 23.1 Å². The van der Waals surface area contributed by atoms with Crippen molar-refractivity contribution in [2.24, 2.45) is 0 Å². The van der Waals surface area contributed by atoms with Crippen LogP contribution < -0.4 is 5.32 Å². The highest BCUT2D eigenvalue weighted by Gasteiger charge is 2.32. The molecule has 0 aliphatic carbocycles. The second-order valence-corrected chi connectivity index (χ2v) is 9.18. The average molecular weight is 492 g/mol. The summed E-state index contributed by atoms with van der Waals surface area (Å²) in [7, 11) is 0. The van der Waals surface area contributed by atoms with E-state index in [1.54, 1.807) is 25.1 Å². The highest BCUT2D eigenvalue weighted by molar-refractivity contribution is 8.26. The number of hydrogen-bond acceptors (Lipinski definition) is 8. The third-order valence-corrected chi connectivity index (χ3v) is 6.60. The molecule has 11 heteroatoms. The van der Waals surface area contributed by atoms with Gasteiger partial charge in [0.05, 0.1) is 10.6 Å². The molecular weight excluding hydrogens is 473 g/mol. The Morgan fingerprint density at radius 2 is 2.06 bits per heavy atom. The van der Waals surface area contributed by atoms with Gasteiger partial charge in [0.15, 0.2) is 5.13 Å². The fraction of sp³-hybridized carbons (Fsp3) is 0.190. The molecule has 2 aromatic rings. The predicted molar refractivity (Wildman–Crippen MR) is 127 cm³/mol. The van der Waals surface area contributed by atoms with Crippen LogP contribution in [0, 0.1) is 12.7 Å². The monoisotopic (exact) mass is 491 g/mol. The van der Waals surface area contributed by atoms with Crippen LogP contribution in [0.3, 0.4) is 0 Å². The van der Waals surface area contributed by atoms with Crippen LogP contribution in [0.1, 0.15) is 27.3 Å². The van der Waals surface area contributed by atoms with Gasteiger partial charge in [-0.1, -0.05) is 60.1 Å². The van der Waals surface area contributed by atoms with Crippen molar-refractivity contribution in [1.82, 2.24) is 9.88 Å². The molecule has 0 radical (unpaired) electrons. The lowest BCUT2D eigenvalue weighted by Gasteiger charge is -2.13. The number of thiocarbonyl (C=S) groups is 1. The number of thioether (sulfide) groups is 1. The molecule has 7 nitrogen and oxygen atoms in total. The van der Waals surface area contributed by atoms with Gasteiger partial charge >= 0.3 is 5.97 Å². The number of rotatable bonds is 8. The lowest BCUT2D eigenvalue weighted by molar-refractivity contribution is -0.122. The maximum atomic E-state index is 13.1. The van der Waals surface area contributed by atoms with Crippen molar-refractivity contribution in [3.8, 4) is 0 Å². The average Bonchev–Trinajstić information content (AvgIpc) is 3.24. The van der Waals surface area contributed by atoms with Gasteiger partial charge in [0.2, 0.25) is 5.91 Å². The highest BCUT2D eigenvalue weighted by atomic mass is 32.2. The van der Waals surface area contributed by atoms with E-state index < -0.39 is 5.97 Å². The number of ether oxygens (including phenoxy) is 1. The number of nitrogens with one attached hydrogen (secondary N) is 1. The van der Waals surface area contributed by atoms with Crippen molar-refractivity contribution in [3.05, 3.63) is 63.8 Å². The lowest BCUT2D eigenvalue weighted by Crippen LogP contribution is -2.31. The molecule has 1 aliphatic rings. The highest BCUT2D eigenvalue weighted by Crippen LogP contribution is 2.32. The number of aryl methyl sites for hydroxylation is 1. The summed E-state index contributed by atoms with van der Waals surface area (Å²) in [6.45, 7) is 5.30. The van der Waals surface area contributed by atoms with E-state index in [0.29, 0.717) is 25.4 Å². The van der Waals surface area contributed by atoms with Crippen molar-refractivity contribution in [2.75, 3.05) is 18.5 Å². The standard InChI is InChI=1S/C21H18FN3O4S3/c1-3-10-29-19(28)17-12(2)23-20(32-17)24-16(26)8-9-25-18(27)15(31-21(25)30)11-13-4-6-14(22)7-5-13/h3-7,11H,1,8-10H2,2H3,(H,23,24,26)/b15-11+. The van der Waals surface area contributed by atoms with Gasteiger partial charge in [-0.15, -0.1) is 0 Å². The summed E-state index contributed by atoms with van der Waals surface area (Å²) in [5.41, 5.74) is 1.12. The van der Waals surface area contributed by atoms with E-state index in [1.807, 2.05) is 0 Å². The van der Waals surface area contributed by atoms with E-state index in [2.05, 4.69) is 16.9 Å². The second-order valence-electron chi connectivity index (χ2n) is 6.50. The molecule has 0 saturated carbocycles. The van der Waals surface area contributed by atoms with Gasteiger partial charge < -0.3 is 10.1 Å². The summed E-state index contributed by atoms with van der Waals surface area (Å²) in [6.07, 6.45) is 3.08. The molecule has 0 bridgehead atoms. The number of carbonyl (C=O) groups is 3. The Morgan fingerprint density at radius 1 is 1.34 bits per heavy atom. The number of esters is 1. The summed E-state index contributed by atoms with van der Waals surface area (Å²) in [6, 6.07) is 5.74. The van der Waals surface area contributed by atoms with Gasteiger partial charge in [-0.05, 0) is 30.7 Å². The molecule has 1 aliphatic heterocycles. The smallest absolute Gasteiger partial charge is 0.350 e. The number of anilines is 1. The molecule has 0 unspecified atom stereocenters. The number of halogens is 1. The number of benzene rings is 1. The Hall–Kier alpha value is -2.89. The molecule has 1 saturated heterocycles. The zero-order chi connectivity index (χ0) is 23.3. The molecule has 2 heterocycles. The molecule has 1 fully saturated rings. The van der Waals surface area contributed by atoms with E-state index >= 15 is 0 Å². The maximum Gasteiger partial charge on any atom is 0.350 e. The fourth-order valence-corrected chi connectivity index (χ4v) is 4.82. The summed E-state index contributed by atoms with van der Waals surface area (Å²) in [5.74, 6) is -1.58. The third kappa shape index (κ3) is 5.87. The van der Waals surface area contributed by atoms with E-state index in [4.69, 9.17) is 17.0 Å². The van der Waals surface area contributed by atoms with Gasteiger partial charge in [0.25, 0.3) is 5.91 Å². The van der Waals surface area contributed by atoms with Crippen LogP contribution in [0.2, 0.25) is 0 Å². The largest absolute Gasteiger partial charge is 0.457 e. The van der Waals surface area contributed by atoms with Crippen molar-refractivity contribution in [1.29, 1.82) is 0 Å². The first-order valence-electron chi connectivity index (χ1n) is 9.34. The molecule has 2 amide bonds. The van der Waals surface area contributed by atoms with Gasteiger partial charge in [-0.25, -0.2) is 14.2 Å². The second kappa shape index (κ2) is 10.6. The Bertz CT molecular complexity index is 1110. The molecule has 3 rings (SSSR count). The first kappa shape index (κ1) is 23.8. The minimum Gasteiger partial charge on any atom is -0.457 e. The fourth-order valence-electron chi connectivity index (χ4n) is 2.64. The summed E-state index contributed by atoms with van der Waals surface area (Å²) in [5, 5.41) is 2.89. The van der Waals surface area contributed by atoms with Gasteiger partial charge in [-0.2, -0.15) is 0 Å². The molecule has 1 N–H and O–H groups in total. The van der Waals surface area contributed by atoms with Crippen LogP contribution in [0.4, 0.5) is 9.52 Å². The van der Waals surface area contributed by atoms with E-state index in [1.165, 1.54) is 23.1 Å². The molecule has 1 aromatic carbocycles. The van der Waals surface area contributed by atoms with Crippen LogP contribution >= 0.6 is 35.3 Å². The normalized spacial score (nSPS) is 14.7. The van der Waals surface area contributed by atoms with Crippen molar-refractivity contribution >= 4 is 68.6 Å².